The van der Waals surface area contributed by atoms with Crippen molar-refractivity contribution in [3.8, 4) is 22.6 Å². The van der Waals surface area contributed by atoms with E-state index >= 15 is 0 Å². The van der Waals surface area contributed by atoms with Gasteiger partial charge in [0.15, 0.2) is 5.82 Å². The van der Waals surface area contributed by atoms with E-state index in [2.05, 4.69) is 56.8 Å². The van der Waals surface area contributed by atoms with Crippen LogP contribution in [0.5, 0.6) is 0 Å². The van der Waals surface area contributed by atoms with Crippen molar-refractivity contribution in [2.75, 3.05) is 0 Å². The number of rotatable bonds is 2. The Morgan fingerprint density at radius 2 is 1.47 bits per heavy atom. The maximum absolute atomic E-state index is 4.63. The standard InChI is InChI=1S/C16H11IN2/c17-14-8-6-13(7-9-14)16-18-11-10-15(19-16)12-4-2-1-3-5-12/h1-11H. The summed E-state index contributed by atoms with van der Waals surface area (Å²) < 4.78 is 1.21. The fourth-order valence-corrected chi connectivity index (χ4v) is 2.23. The summed E-state index contributed by atoms with van der Waals surface area (Å²) in [5.41, 5.74) is 3.10. The van der Waals surface area contributed by atoms with E-state index in [9.17, 15) is 0 Å². The Balaban J connectivity index is 2.03. The van der Waals surface area contributed by atoms with E-state index in [1.54, 1.807) is 0 Å². The zero-order chi connectivity index (χ0) is 13.1. The van der Waals surface area contributed by atoms with E-state index in [4.69, 9.17) is 0 Å². The molecule has 0 unspecified atom stereocenters. The smallest absolute Gasteiger partial charge is 0.159 e. The van der Waals surface area contributed by atoms with Crippen molar-refractivity contribution in [1.82, 2.24) is 9.97 Å². The summed E-state index contributed by atoms with van der Waals surface area (Å²) in [6.07, 6.45) is 1.81. The monoisotopic (exact) mass is 358 g/mol. The number of hydrogen-bond acceptors (Lipinski definition) is 2. The predicted molar refractivity (Wildman–Crippen MR) is 85.6 cm³/mol. The van der Waals surface area contributed by atoms with Gasteiger partial charge in [-0.05, 0) is 40.8 Å². The molecule has 0 fully saturated rings. The van der Waals surface area contributed by atoms with Crippen molar-refractivity contribution in [2.45, 2.75) is 0 Å². The van der Waals surface area contributed by atoms with Crippen LogP contribution in [0.1, 0.15) is 0 Å². The summed E-state index contributed by atoms with van der Waals surface area (Å²) in [5, 5.41) is 0. The Morgan fingerprint density at radius 3 is 2.21 bits per heavy atom. The SMILES string of the molecule is Ic1ccc(-c2nccc(-c3ccccc3)n2)cc1. The third-order valence-electron chi connectivity index (χ3n) is 2.83. The molecule has 0 spiro atoms. The van der Waals surface area contributed by atoms with Gasteiger partial charge < -0.3 is 0 Å². The maximum Gasteiger partial charge on any atom is 0.159 e. The third kappa shape index (κ3) is 2.81. The second-order valence-corrected chi connectivity index (χ2v) is 5.38. The molecule has 92 valence electrons. The highest BCUT2D eigenvalue weighted by atomic mass is 127. The molecular weight excluding hydrogens is 347 g/mol. The fourth-order valence-electron chi connectivity index (χ4n) is 1.87. The minimum atomic E-state index is 0.762. The van der Waals surface area contributed by atoms with Crippen LogP contribution in [0.25, 0.3) is 22.6 Å². The van der Waals surface area contributed by atoms with Crippen LogP contribution in [-0.4, -0.2) is 9.97 Å². The second-order valence-electron chi connectivity index (χ2n) is 4.14. The Labute approximate surface area is 125 Å². The molecular formula is C16H11IN2. The van der Waals surface area contributed by atoms with Gasteiger partial charge in [-0.25, -0.2) is 9.97 Å². The lowest BCUT2D eigenvalue weighted by molar-refractivity contribution is 1.18. The summed E-state index contributed by atoms with van der Waals surface area (Å²) in [6.45, 7) is 0. The molecule has 1 heterocycles. The van der Waals surface area contributed by atoms with Gasteiger partial charge in [0, 0.05) is 20.9 Å². The van der Waals surface area contributed by atoms with Crippen LogP contribution in [0, 0.1) is 3.57 Å². The summed E-state index contributed by atoms with van der Waals surface area (Å²) in [5.74, 6) is 0.762. The molecule has 0 amide bonds. The van der Waals surface area contributed by atoms with Crippen molar-refractivity contribution in [3.63, 3.8) is 0 Å². The summed E-state index contributed by atoms with van der Waals surface area (Å²) in [7, 11) is 0. The highest BCUT2D eigenvalue weighted by Crippen LogP contribution is 2.21. The minimum absolute atomic E-state index is 0.762. The van der Waals surface area contributed by atoms with E-state index in [-0.39, 0.29) is 0 Å². The molecule has 2 nitrogen and oxygen atoms in total. The zero-order valence-electron chi connectivity index (χ0n) is 10.1. The number of hydrogen-bond donors (Lipinski definition) is 0. The molecule has 0 saturated carbocycles. The molecule has 0 N–H and O–H groups in total. The van der Waals surface area contributed by atoms with Gasteiger partial charge in [-0.1, -0.05) is 42.5 Å². The first-order chi connectivity index (χ1) is 9.33. The van der Waals surface area contributed by atoms with Gasteiger partial charge in [0.05, 0.1) is 5.69 Å². The van der Waals surface area contributed by atoms with Gasteiger partial charge in [0.1, 0.15) is 0 Å². The molecule has 0 radical (unpaired) electrons. The Hall–Kier alpha value is -1.75. The number of benzene rings is 2. The molecule has 2 aromatic carbocycles. The van der Waals surface area contributed by atoms with Crippen molar-refractivity contribution in [3.05, 3.63) is 70.4 Å². The van der Waals surface area contributed by atoms with Crippen LogP contribution in [-0.2, 0) is 0 Å². The highest BCUT2D eigenvalue weighted by Gasteiger charge is 2.04. The lowest BCUT2D eigenvalue weighted by atomic mass is 10.1. The van der Waals surface area contributed by atoms with Crippen LogP contribution in [0.2, 0.25) is 0 Å². The van der Waals surface area contributed by atoms with Crippen molar-refractivity contribution < 1.29 is 0 Å². The molecule has 0 aliphatic heterocycles. The van der Waals surface area contributed by atoms with E-state index in [1.807, 2.05) is 42.6 Å². The van der Waals surface area contributed by atoms with E-state index < -0.39 is 0 Å². The molecule has 1 aromatic heterocycles. The molecule has 0 aliphatic rings. The lowest BCUT2D eigenvalue weighted by Crippen LogP contribution is -1.91. The van der Waals surface area contributed by atoms with Gasteiger partial charge in [-0.2, -0.15) is 0 Å². The van der Waals surface area contributed by atoms with Gasteiger partial charge in [-0.15, -0.1) is 0 Å². The Kier molecular flexibility index (Phi) is 3.55. The second kappa shape index (κ2) is 5.48. The van der Waals surface area contributed by atoms with E-state index in [1.165, 1.54) is 3.57 Å². The lowest BCUT2D eigenvalue weighted by Gasteiger charge is -2.04. The Morgan fingerprint density at radius 1 is 0.737 bits per heavy atom. The van der Waals surface area contributed by atoms with Gasteiger partial charge in [0.2, 0.25) is 0 Å². The molecule has 0 aliphatic carbocycles. The topological polar surface area (TPSA) is 25.8 Å². The first-order valence-electron chi connectivity index (χ1n) is 5.97. The maximum atomic E-state index is 4.63. The molecule has 0 atom stereocenters. The predicted octanol–water partition coefficient (Wildman–Crippen LogP) is 4.42. The number of nitrogens with zero attached hydrogens (tertiary/aromatic N) is 2. The average Bonchev–Trinajstić information content (AvgIpc) is 2.49. The summed E-state index contributed by atoms with van der Waals surface area (Å²) in [6, 6.07) is 20.3. The van der Waals surface area contributed by atoms with Gasteiger partial charge >= 0.3 is 0 Å². The van der Waals surface area contributed by atoms with Crippen molar-refractivity contribution in [1.29, 1.82) is 0 Å². The Bertz CT molecular complexity index is 679. The van der Waals surface area contributed by atoms with Crippen molar-refractivity contribution in [2.24, 2.45) is 0 Å². The molecule has 3 rings (SSSR count). The first-order valence-corrected chi connectivity index (χ1v) is 7.05. The van der Waals surface area contributed by atoms with E-state index in [0.29, 0.717) is 0 Å². The largest absolute Gasteiger partial charge is 0.237 e. The minimum Gasteiger partial charge on any atom is -0.237 e. The molecule has 3 heteroatoms. The molecule has 0 saturated heterocycles. The molecule has 19 heavy (non-hydrogen) atoms. The third-order valence-corrected chi connectivity index (χ3v) is 3.55. The van der Waals surface area contributed by atoms with Crippen molar-refractivity contribution >= 4 is 22.6 Å². The number of halogens is 1. The number of aromatic nitrogens is 2. The first kappa shape index (κ1) is 12.3. The summed E-state index contributed by atoms with van der Waals surface area (Å²) >= 11 is 2.29. The van der Waals surface area contributed by atoms with Crippen LogP contribution < -0.4 is 0 Å². The highest BCUT2D eigenvalue weighted by molar-refractivity contribution is 14.1. The van der Waals surface area contributed by atoms with Crippen LogP contribution in [0.4, 0.5) is 0 Å². The van der Waals surface area contributed by atoms with Crippen LogP contribution >= 0.6 is 22.6 Å². The van der Waals surface area contributed by atoms with E-state index in [0.717, 1.165) is 22.6 Å². The zero-order valence-corrected chi connectivity index (χ0v) is 12.3. The molecule has 0 bridgehead atoms. The normalized spacial score (nSPS) is 10.4. The van der Waals surface area contributed by atoms with Gasteiger partial charge in [0.25, 0.3) is 0 Å². The van der Waals surface area contributed by atoms with Gasteiger partial charge in [-0.3, -0.25) is 0 Å². The quantitative estimate of drug-likeness (QED) is 0.634. The molecule has 3 aromatic rings. The average molecular weight is 358 g/mol. The summed E-state index contributed by atoms with van der Waals surface area (Å²) in [4.78, 5) is 8.98. The van der Waals surface area contributed by atoms with Crippen LogP contribution in [0.3, 0.4) is 0 Å². The fraction of sp³-hybridized carbons (Fsp3) is 0. The van der Waals surface area contributed by atoms with Crippen LogP contribution in [0.15, 0.2) is 66.9 Å².